The van der Waals surface area contributed by atoms with Crippen molar-refractivity contribution >= 4 is 5.78 Å². The largest absolute Gasteiger partial charge is 0.299 e. The first-order valence-electron chi connectivity index (χ1n) is 13.2. The lowest BCUT2D eigenvalue weighted by atomic mass is 9.96. The fourth-order valence-corrected chi connectivity index (χ4v) is 4.92. The molecule has 5 rings (SSSR count). The maximum absolute atomic E-state index is 13.1. The number of likely N-dealkylation sites (tertiary alicyclic amines) is 1. The maximum Gasteiger partial charge on any atom is 0.167 e. The standard InChI is InChI=1S/C32H34N4O/c1-23-12-16-36(17-13-23)22-25-7-9-27(10-8-25)31(37)19-26-6-5-24(2)29(18-26)20-32-34-15-11-30(35-32)28-4-3-14-33-21-28/h3-11,14-15,18,21,23H,12-13,16-17,19-20,22H2,1-2H3. The van der Waals surface area contributed by atoms with Gasteiger partial charge in [-0.15, -0.1) is 0 Å². The van der Waals surface area contributed by atoms with Gasteiger partial charge in [0.1, 0.15) is 5.82 Å². The highest BCUT2D eigenvalue weighted by Crippen LogP contribution is 2.21. The number of benzene rings is 2. The number of hydrogen-bond donors (Lipinski definition) is 0. The van der Waals surface area contributed by atoms with Gasteiger partial charge in [-0.2, -0.15) is 0 Å². The zero-order valence-electron chi connectivity index (χ0n) is 21.7. The van der Waals surface area contributed by atoms with Crippen molar-refractivity contribution in [3.05, 3.63) is 113 Å². The van der Waals surface area contributed by atoms with Crippen LogP contribution in [0.15, 0.2) is 79.3 Å². The minimum Gasteiger partial charge on any atom is -0.299 e. The molecule has 2 aromatic carbocycles. The molecule has 2 aromatic heterocycles. The van der Waals surface area contributed by atoms with E-state index in [1.54, 1.807) is 12.4 Å². The molecule has 3 heterocycles. The topological polar surface area (TPSA) is 59.0 Å². The summed E-state index contributed by atoms with van der Waals surface area (Å²) in [7, 11) is 0. The summed E-state index contributed by atoms with van der Waals surface area (Å²) in [5.41, 5.74) is 7.20. The Balaban J connectivity index is 1.24. The Bertz CT molecular complexity index is 1340. The number of nitrogens with zero attached hydrogens (tertiary/aromatic N) is 4. The van der Waals surface area contributed by atoms with E-state index < -0.39 is 0 Å². The van der Waals surface area contributed by atoms with Gasteiger partial charge in [0.25, 0.3) is 0 Å². The van der Waals surface area contributed by atoms with Crippen molar-refractivity contribution in [3.8, 4) is 11.3 Å². The number of aromatic nitrogens is 3. The van der Waals surface area contributed by atoms with Gasteiger partial charge in [-0.25, -0.2) is 9.97 Å². The van der Waals surface area contributed by atoms with Gasteiger partial charge >= 0.3 is 0 Å². The minimum atomic E-state index is 0.142. The molecule has 5 nitrogen and oxygen atoms in total. The second kappa shape index (κ2) is 11.6. The van der Waals surface area contributed by atoms with Crippen LogP contribution in [0.4, 0.5) is 0 Å². The zero-order chi connectivity index (χ0) is 25.6. The van der Waals surface area contributed by atoms with Crippen molar-refractivity contribution < 1.29 is 4.79 Å². The van der Waals surface area contributed by atoms with Crippen LogP contribution in [0.25, 0.3) is 11.3 Å². The summed E-state index contributed by atoms with van der Waals surface area (Å²) in [6, 6.07) is 20.3. The number of rotatable bonds is 8. The van der Waals surface area contributed by atoms with E-state index in [1.807, 2.05) is 36.5 Å². The number of ketones is 1. The van der Waals surface area contributed by atoms with Gasteiger partial charge in [0.15, 0.2) is 5.78 Å². The van der Waals surface area contributed by atoms with Crippen LogP contribution in [0.2, 0.25) is 0 Å². The van der Waals surface area contributed by atoms with Crippen LogP contribution in [-0.2, 0) is 19.4 Å². The molecule has 1 saturated heterocycles. The molecule has 5 heteroatoms. The average molecular weight is 491 g/mol. The Morgan fingerprint density at radius 1 is 0.973 bits per heavy atom. The van der Waals surface area contributed by atoms with E-state index in [-0.39, 0.29) is 5.78 Å². The normalized spacial score (nSPS) is 14.5. The first kappa shape index (κ1) is 25.0. The van der Waals surface area contributed by atoms with E-state index in [9.17, 15) is 4.79 Å². The number of pyridine rings is 1. The summed E-state index contributed by atoms with van der Waals surface area (Å²) in [5.74, 6) is 1.73. The fourth-order valence-electron chi connectivity index (χ4n) is 4.92. The molecule has 1 aliphatic rings. The average Bonchev–Trinajstić information content (AvgIpc) is 2.93. The molecule has 0 unspecified atom stereocenters. The summed E-state index contributed by atoms with van der Waals surface area (Å²) in [4.78, 5) is 29.0. The van der Waals surface area contributed by atoms with Crippen LogP contribution in [0, 0.1) is 12.8 Å². The Hall–Kier alpha value is -3.70. The second-order valence-electron chi connectivity index (χ2n) is 10.3. The van der Waals surface area contributed by atoms with Crippen molar-refractivity contribution in [2.24, 2.45) is 5.92 Å². The summed E-state index contributed by atoms with van der Waals surface area (Å²) < 4.78 is 0. The van der Waals surface area contributed by atoms with E-state index in [1.165, 1.54) is 24.0 Å². The maximum atomic E-state index is 13.1. The molecular formula is C32H34N4O. The first-order chi connectivity index (χ1) is 18.0. The summed E-state index contributed by atoms with van der Waals surface area (Å²) in [5, 5.41) is 0. The lowest BCUT2D eigenvalue weighted by Gasteiger charge is -2.30. The number of aryl methyl sites for hydroxylation is 1. The molecule has 0 radical (unpaired) electrons. The van der Waals surface area contributed by atoms with Crippen LogP contribution in [0.1, 0.15) is 58.2 Å². The van der Waals surface area contributed by atoms with Gasteiger partial charge in [-0.3, -0.25) is 14.7 Å². The lowest BCUT2D eigenvalue weighted by Crippen LogP contribution is -2.32. The van der Waals surface area contributed by atoms with Crippen LogP contribution in [0.5, 0.6) is 0 Å². The van der Waals surface area contributed by atoms with Crippen LogP contribution in [-0.4, -0.2) is 38.7 Å². The summed E-state index contributed by atoms with van der Waals surface area (Å²) in [6.07, 6.45) is 8.91. The molecule has 0 bridgehead atoms. The minimum absolute atomic E-state index is 0.142. The molecule has 0 N–H and O–H groups in total. The van der Waals surface area contributed by atoms with E-state index in [0.717, 1.165) is 59.3 Å². The third kappa shape index (κ3) is 6.55. The quantitative estimate of drug-likeness (QED) is 0.280. The van der Waals surface area contributed by atoms with E-state index in [0.29, 0.717) is 12.8 Å². The van der Waals surface area contributed by atoms with Gasteiger partial charge in [-0.05, 0) is 79.2 Å². The van der Waals surface area contributed by atoms with E-state index in [4.69, 9.17) is 4.98 Å². The molecule has 0 amide bonds. The Morgan fingerprint density at radius 2 is 1.76 bits per heavy atom. The van der Waals surface area contributed by atoms with Crippen molar-refractivity contribution in [1.82, 2.24) is 19.9 Å². The number of carbonyl (C=O) groups is 1. The van der Waals surface area contributed by atoms with Gasteiger partial charge in [0.2, 0.25) is 0 Å². The predicted octanol–water partition coefficient (Wildman–Crippen LogP) is 6.10. The molecule has 0 aliphatic carbocycles. The third-order valence-corrected chi connectivity index (χ3v) is 7.35. The Labute approximate surface area is 219 Å². The molecule has 0 saturated carbocycles. The number of piperidine rings is 1. The Kier molecular flexibility index (Phi) is 7.81. The molecule has 37 heavy (non-hydrogen) atoms. The summed E-state index contributed by atoms with van der Waals surface area (Å²) >= 11 is 0. The molecule has 1 fully saturated rings. The lowest BCUT2D eigenvalue weighted by molar-refractivity contribution is 0.0993. The third-order valence-electron chi connectivity index (χ3n) is 7.35. The van der Waals surface area contributed by atoms with Gasteiger partial charge < -0.3 is 0 Å². The smallest absolute Gasteiger partial charge is 0.167 e. The number of hydrogen-bond acceptors (Lipinski definition) is 5. The van der Waals surface area contributed by atoms with Crippen molar-refractivity contribution in [2.45, 2.75) is 46.1 Å². The van der Waals surface area contributed by atoms with Crippen molar-refractivity contribution in [2.75, 3.05) is 13.1 Å². The molecule has 0 spiro atoms. The first-order valence-corrected chi connectivity index (χ1v) is 13.2. The highest BCUT2D eigenvalue weighted by Gasteiger charge is 2.16. The number of carbonyl (C=O) groups excluding carboxylic acids is 1. The van der Waals surface area contributed by atoms with Gasteiger partial charge in [0, 0.05) is 49.1 Å². The highest BCUT2D eigenvalue weighted by molar-refractivity contribution is 5.97. The molecule has 4 aromatic rings. The predicted molar refractivity (Wildman–Crippen MR) is 147 cm³/mol. The van der Waals surface area contributed by atoms with Crippen LogP contribution < -0.4 is 0 Å². The molecule has 1 aliphatic heterocycles. The fraction of sp³-hybridized carbons (Fsp3) is 0.312. The van der Waals surface area contributed by atoms with Gasteiger partial charge in [0.05, 0.1) is 5.69 Å². The van der Waals surface area contributed by atoms with E-state index in [2.05, 4.69) is 59.0 Å². The Morgan fingerprint density at radius 3 is 2.51 bits per heavy atom. The SMILES string of the molecule is Cc1ccc(CC(=O)c2ccc(CN3CCC(C)CC3)cc2)cc1Cc1nccc(-c2cccnc2)n1. The molecule has 0 atom stereocenters. The van der Waals surface area contributed by atoms with Crippen LogP contribution in [0.3, 0.4) is 0 Å². The van der Waals surface area contributed by atoms with E-state index >= 15 is 0 Å². The number of Topliss-reactive ketones (excluding diaryl/α,β-unsaturated/α-hetero) is 1. The van der Waals surface area contributed by atoms with Gasteiger partial charge in [-0.1, -0.05) is 49.4 Å². The summed E-state index contributed by atoms with van der Waals surface area (Å²) in [6.45, 7) is 7.72. The highest BCUT2D eigenvalue weighted by atomic mass is 16.1. The molecule has 188 valence electrons. The van der Waals surface area contributed by atoms with Crippen LogP contribution >= 0.6 is 0 Å². The van der Waals surface area contributed by atoms with Crippen molar-refractivity contribution in [1.29, 1.82) is 0 Å². The monoisotopic (exact) mass is 490 g/mol. The van der Waals surface area contributed by atoms with Crippen molar-refractivity contribution in [3.63, 3.8) is 0 Å². The second-order valence-corrected chi connectivity index (χ2v) is 10.3. The molecular weight excluding hydrogens is 456 g/mol. The zero-order valence-corrected chi connectivity index (χ0v) is 21.7.